The average Bonchev–Trinajstić information content (AvgIpc) is 2.73. The summed E-state index contributed by atoms with van der Waals surface area (Å²) in [6.45, 7) is 4.95. The molecule has 2 aromatic rings. The van der Waals surface area contributed by atoms with Crippen LogP contribution in [-0.4, -0.2) is 38.4 Å². The minimum Gasteiger partial charge on any atom is -0.335 e. The molecule has 2 aromatic carbocycles. The maximum absolute atomic E-state index is 12.8. The van der Waals surface area contributed by atoms with Crippen molar-refractivity contribution in [2.45, 2.75) is 37.6 Å². The molecule has 1 heterocycles. The first-order chi connectivity index (χ1) is 13.4. The van der Waals surface area contributed by atoms with Crippen molar-refractivity contribution in [1.82, 2.24) is 9.62 Å². The Morgan fingerprint density at radius 3 is 2.36 bits per heavy atom. The average molecular weight is 399 g/mol. The third-order valence-corrected chi connectivity index (χ3v) is 6.63. The normalized spacial score (nSPS) is 15.8. The van der Waals surface area contributed by atoms with Gasteiger partial charge in [0.25, 0.3) is 5.91 Å². The highest BCUT2D eigenvalue weighted by atomic mass is 32.2. The summed E-state index contributed by atoms with van der Waals surface area (Å²) in [5, 5.41) is 0. The van der Waals surface area contributed by atoms with Gasteiger partial charge < -0.3 is 4.90 Å². The Bertz CT molecular complexity index is 951. The Kier molecular flexibility index (Phi) is 6.31. The van der Waals surface area contributed by atoms with E-state index in [0.717, 1.165) is 6.42 Å². The van der Waals surface area contributed by atoms with E-state index >= 15 is 0 Å². The van der Waals surface area contributed by atoms with Gasteiger partial charge in [-0.25, -0.2) is 13.1 Å². The van der Waals surface area contributed by atoms with Crippen LogP contribution < -0.4 is 4.72 Å². The van der Waals surface area contributed by atoms with Crippen LogP contribution in [0.3, 0.4) is 0 Å². The van der Waals surface area contributed by atoms with Crippen LogP contribution in [0.15, 0.2) is 65.6 Å². The number of amides is 1. The Morgan fingerprint density at radius 1 is 1.11 bits per heavy atom. The zero-order chi connectivity index (χ0) is 20.1. The van der Waals surface area contributed by atoms with Gasteiger partial charge in [0.15, 0.2) is 0 Å². The van der Waals surface area contributed by atoms with Gasteiger partial charge in [-0.3, -0.25) is 4.79 Å². The molecular weight excluding hydrogens is 372 g/mol. The second-order valence-corrected chi connectivity index (χ2v) is 8.77. The Hall–Kier alpha value is -2.44. The van der Waals surface area contributed by atoms with Gasteiger partial charge >= 0.3 is 0 Å². The molecule has 0 radical (unpaired) electrons. The zero-order valence-corrected chi connectivity index (χ0v) is 17.1. The minimum absolute atomic E-state index is 0.0813. The number of carbonyl (C=O) groups excluding carboxylic acids is 1. The number of benzene rings is 2. The molecule has 0 saturated heterocycles. The van der Waals surface area contributed by atoms with Gasteiger partial charge in [-0.15, -0.1) is 0 Å². The van der Waals surface area contributed by atoms with Crippen molar-refractivity contribution in [3.05, 3.63) is 71.8 Å². The van der Waals surface area contributed by atoms with Crippen molar-refractivity contribution in [2.75, 3.05) is 13.1 Å². The van der Waals surface area contributed by atoms with Crippen LogP contribution >= 0.6 is 0 Å². The monoisotopic (exact) mass is 398 g/mol. The van der Waals surface area contributed by atoms with E-state index in [9.17, 15) is 13.2 Å². The molecule has 0 saturated carbocycles. The first-order valence-corrected chi connectivity index (χ1v) is 11.0. The Morgan fingerprint density at radius 2 is 1.79 bits per heavy atom. The summed E-state index contributed by atoms with van der Waals surface area (Å²) >= 11 is 0. The molecule has 6 heteroatoms. The predicted molar refractivity (Wildman–Crippen MR) is 111 cm³/mol. The van der Waals surface area contributed by atoms with Crippen molar-refractivity contribution in [2.24, 2.45) is 0 Å². The Balaban J connectivity index is 1.68. The van der Waals surface area contributed by atoms with Gasteiger partial charge in [-0.05, 0) is 55.2 Å². The van der Waals surface area contributed by atoms with E-state index in [-0.39, 0.29) is 16.8 Å². The van der Waals surface area contributed by atoms with Crippen molar-refractivity contribution in [3.63, 3.8) is 0 Å². The summed E-state index contributed by atoms with van der Waals surface area (Å²) in [7, 11) is -3.56. The van der Waals surface area contributed by atoms with Crippen LogP contribution in [0.4, 0.5) is 0 Å². The van der Waals surface area contributed by atoms with E-state index < -0.39 is 10.0 Å². The fourth-order valence-corrected chi connectivity index (χ4v) is 4.47. The number of sulfonamides is 1. The van der Waals surface area contributed by atoms with Crippen molar-refractivity contribution in [3.8, 4) is 0 Å². The first kappa shape index (κ1) is 20.3. The van der Waals surface area contributed by atoms with E-state index in [4.69, 9.17) is 0 Å². The van der Waals surface area contributed by atoms with Crippen LogP contribution in [0.2, 0.25) is 0 Å². The molecule has 0 aromatic heterocycles. The van der Waals surface area contributed by atoms with E-state index in [1.54, 1.807) is 17.0 Å². The van der Waals surface area contributed by atoms with Gasteiger partial charge in [-0.2, -0.15) is 0 Å². The summed E-state index contributed by atoms with van der Waals surface area (Å²) in [5.41, 5.74) is 2.94. The molecule has 0 spiro atoms. The lowest BCUT2D eigenvalue weighted by Crippen LogP contribution is -2.35. The SMILES string of the molecule is CCC(C)NS(=O)(=O)c1ccc(C(=O)N2CC=C(c3ccccc3)CC2)cc1. The third-order valence-electron chi connectivity index (χ3n) is 5.02. The van der Waals surface area contributed by atoms with E-state index in [2.05, 4.69) is 22.9 Å². The molecular formula is C22H26N2O3S. The zero-order valence-electron chi connectivity index (χ0n) is 16.3. The van der Waals surface area contributed by atoms with Crippen LogP contribution in [0.1, 0.15) is 42.6 Å². The van der Waals surface area contributed by atoms with Crippen molar-refractivity contribution >= 4 is 21.5 Å². The summed E-state index contributed by atoms with van der Waals surface area (Å²) in [6, 6.07) is 16.2. The maximum atomic E-state index is 12.8. The van der Waals surface area contributed by atoms with Gasteiger partial charge in [0, 0.05) is 24.7 Å². The highest BCUT2D eigenvalue weighted by Crippen LogP contribution is 2.23. The first-order valence-electron chi connectivity index (χ1n) is 9.57. The number of carbonyl (C=O) groups is 1. The molecule has 28 heavy (non-hydrogen) atoms. The molecule has 1 aliphatic rings. The van der Waals surface area contributed by atoms with Gasteiger partial charge in [-0.1, -0.05) is 43.3 Å². The molecule has 5 nitrogen and oxygen atoms in total. The lowest BCUT2D eigenvalue weighted by atomic mass is 9.99. The van der Waals surface area contributed by atoms with E-state index in [1.807, 2.05) is 32.0 Å². The van der Waals surface area contributed by atoms with Crippen molar-refractivity contribution in [1.29, 1.82) is 0 Å². The maximum Gasteiger partial charge on any atom is 0.254 e. The summed E-state index contributed by atoms with van der Waals surface area (Å²) < 4.78 is 27.3. The number of nitrogens with zero attached hydrogens (tertiary/aromatic N) is 1. The number of hydrogen-bond acceptors (Lipinski definition) is 3. The minimum atomic E-state index is -3.56. The summed E-state index contributed by atoms with van der Waals surface area (Å²) in [6.07, 6.45) is 3.61. The lowest BCUT2D eigenvalue weighted by molar-refractivity contribution is 0.0772. The molecule has 1 aliphatic heterocycles. The largest absolute Gasteiger partial charge is 0.335 e. The fraction of sp³-hybridized carbons (Fsp3) is 0.318. The van der Waals surface area contributed by atoms with Crippen LogP contribution in [0, 0.1) is 0 Å². The molecule has 148 valence electrons. The van der Waals surface area contributed by atoms with Crippen LogP contribution in [0.25, 0.3) is 5.57 Å². The van der Waals surface area contributed by atoms with E-state index in [1.165, 1.54) is 23.3 Å². The quantitative estimate of drug-likeness (QED) is 0.807. The molecule has 0 fully saturated rings. The van der Waals surface area contributed by atoms with Crippen LogP contribution in [-0.2, 0) is 10.0 Å². The lowest BCUT2D eigenvalue weighted by Gasteiger charge is -2.27. The topological polar surface area (TPSA) is 66.5 Å². The molecule has 3 rings (SSSR count). The van der Waals surface area contributed by atoms with Gasteiger partial charge in [0.2, 0.25) is 10.0 Å². The van der Waals surface area contributed by atoms with E-state index in [0.29, 0.717) is 25.1 Å². The highest BCUT2D eigenvalue weighted by molar-refractivity contribution is 7.89. The van der Waals surface area contributed by atoms with Gasteiger partial charge in [0.1, 0.15) is 0 Å². The van der Waals surface area contributed by atoms with Gasteiger partial charge in [0.05, 0.1) is 4.90 Å². The second-order valence-electron chi connectivity index (χ2n) is 7.05. The smallest absolute Gasteiger partial charge is 0.254 e. The second kappa shape index (κ2) is 8.71. The molecule has 1 N–H and O–H groups in total. The highest BCUT2D eigenvalue weighted by Gasteiger charge is 2.21. The molecule has 0 bridgehead atoms. The number of nitrogens with one attached hydrogen (secondary N) is 1. The summed E-state index contributed by atoms with van der Waals surface area (Å²) in [5.74, 6) is -0.0813. The molecule has 0 aliphatic carbocycles. The third kappa shape index (κ3) is 4.69. The molecule has 1 unspecified atom stereocenters. The van der Waals surface area contributed by atoms with Crippen molar-refractivity contribution < 1.29 is 13.2 Å². The number of hydrogen-bond donors (Lipinski definition) is 1. The fourth-order valence-electron chi connectivity index (χ4n) is 3.14. The predicted octanol–water partition coefficient (Wildman–Crippen LogP) is 3.69. The molecule has 1 atom stereocenters. The standard InChI is InChI=1S/C22H26N2O3S/c1-3-17(2)23-28(26,27)21-11-9-20(10-12-21)22(25)24-15-13-19(14-16-24)18-7-5-4-6-8-18/h4-13,17,23H,3,14-16H2,1-2H3. The summed E-state index contributed by atoms with van der Waals surface area (Å²) in [4.78, 5) is 14.7. The van der Waals surface area contributed by atoms with Crippen LogP contribution in [0.5, 0.6) is 0 Å². The Labute approximate surface area is 167 Å². The molecule has 1 amide bonds. The number of rotatable bonds is 6.